The molecular formula is C15H22N2O2S. The van der Waals surface area contributed by atoms with E-state index in [0.717, 1.165) is 34.9 Å². The first-order valence-electron chi connectivity index (χ1n) is 6.96. The predicted molar refractivity (Wildman–Crippen MR) is 83.3 cm³/mol. The maximum atomic E-state index is 11.8. The quantitative estimate of drug-likeness (QED) is 0.786. The van der Waals surface area contributed by atoms with Crippen molar-refractivity contribution < 1.29 is 9.53 Å². The van der Waals surface area contributed by atoms with Crippen LogP contribution in [-0.4, -0.2) is 36.7 Å². The average molecular weight is 294 g/mol. The lowest BCUT2D eigenvalue weighted by Gasteiger charge is -2.13. The summed E-state index contributed by atoms with van der Waals surface area (Å²) in [6.45, 7) is 5.38. The Kier molecular flexibility index (Phi) is 5.73. The molecule has 1 heterocycles. The van der Waals surface area contributed by atoms with Gasteiger partial charge in [0.25, 0.3) is 0 Å². The van der Waals surface area contributed by atoms with Gasteiger partial charge in [0.2, 0.25) is 5.91 Å². The molecule has 1 atom stereocenters. The van der Waals surface area contributed by atoms with Gasteiger partial charge in [-0.1, -0.05) is 18.2 Å². The van der Waals surface area contributed by atoms with Crippen molar-refractivity contribution >= 4 is 17.7 Å². The molecule has 1 saturated heterocycles. The molecule has 20 heavy (non-hydrogen) atoms. The lowest BCUT2D eigenvalue weighted by atomic mass is 10.1. The Morgan fingerprint density at radius 1 is 1.45 bits per heavy atom. The van der Waals surface area contributed by atoms with Gasteiger partial charge in [0.15, 0.2) is 0 Å². The van der Waals surface area contributed by atoms with Crippen molar-refractivity contribution in [3.05, 3.63) is 29.3 Å². The molecule has 1 fully saturated rings. The number of carbonyl (C=O) groups excluding carboxylic acids is 1. The fourth-order valence-electron chi connectivity index (χ4n) is 2.17. The van der Waals surface area contributed by atoms with Gasteiger partial charge in [-0.3, -0.25) is 10.1 Å². The van der Waals surface area contributed by atoms with Crippen LogP contribution >= 0.6 is 11.8 Å². The minimum Gasteiger partial charge on any atom is -0.493 e. The van der Waals surface area contributed by atoms with Gasteiger partial charge >= 0.3 is 0 Å². The highest BCUT2D eigenvalue weighted by Gasteiger charge is 2.21. The molecule has 1 unspecified atom stereocenters. The van der Waals surface area contributed by atoms with Crippen LogP contribution in [0.2, 0.25) is 0 Å². The molecule has 2 N–H and O–H groups in total. The van der Waals surface area contributed by atoms with E-state index in [1.54, 1.807) is 11.8 Å². The van der Waals surface area contributed by atoms with Crippen LogP contribution in [0.3, 0.4) is 0 Å². The zero-order valence-electron chi connectivity index (χ0n) is 12.1. The standard InChI is InChI=1S/C15H22N2O2S/c1-11-5-3-6-12(2)14(11)19-8-4-7-16-15(18)13-9-20-10-17-13/h3,5-6,13,17H,4,7-10H2,1-2H3,(H,16,18). The van der Waals surface area contributed by atoms with Crippen LogP contribution in [0.5, 0.6) is 5.75 Å². The highest BCUT2D eigenvalue weighted by molar-refractivity contribution is 7.99. The fourth-order valence-corrected chi connectivity index (χ4v) is 3.11. The largest absolute Gasteiger partial charge is 0.493 e. The molecule has 4 nitrogen and oxygen atoms in total. The molecule has 1 aromatic carbocycles. The summed E-state index contributed by atoms with van der Waals surface area (Å²) in [7, 11) is 0. The van der Waals surface area contributed by atoms with Crippen LogP contribution in [-0.2, 0) is 4.79 Å². The molecular weight excluding hydrogens is 272 g/mol. The number of hydrogen-bond donors (Lipinski definition) is 2. The van der Waals surface area contributed by atoms with Crippen molar-refractivity contribution in [2.45, 2.75) is 26.3 Å². The number of ether oxygens (including phenoxy) is 1. The zero-order chi connectivity index (χ0) is 14.4. The number of thioether (sulfide) groups is 1. The molecule has 1 amide bonds. The molecule has 1 aliphatic heterocycles. The van der Waals surface area contributed by atoms with E-state index >= 15 is 0 Å². The van der Waals surface area contributed by atoms with Crippen LogP contribution in [0.4, 0.5) is 0 Å². The number of para-hydroxylation sites is 1. The number of hydrogen-bond acceptors (Lipinski definition) is 4. The van der Waals surface area contributed by atoms with Gasteiger partial charge in [0.1, 0.15) is 5.75 Å². The van der Waals surface area contributed by atoms with Crippen molar-refractivity contribution in [3.63, 3.8) is 0 Å². The second kappa shape index (κ2) is 7.55. The highest BCUT2D eigenvalue weighted by atomic mass is 32.2. The van der Waals surface area contributed by atoms with Crippen LogP contribution in [0.1, 0.15) is 17.5 Å². The third-order valence-electron chi connectivity index (χ3n) is 3.31. The number of rotatable bonds is 6. The summed E-state index contributed by atoms with van der Waals surface area (Å²) in [4.78, 5) is 11.8. The van der Waals surface area contributed by atoms with Crippen LogP contribution in [0.25, 0.3) is 0 Å². The zero-order valence-corrected chi connectivity index (χ0v) is 12.9. The SMILES string of the molecule is Cc1cccc(C)c1OCCCNC(=O)C1CSCN1. The van der Waals surface area contributed by atoms with Gasteiger partial charge in [-0.2, -0.15) is 0 Å². The Labute approximate surface area is 124 Å². The van der Waals surface area contributed by atoms with Gasteiger partial charge in [0, 0.05) is 18.2 Å². The van der Waals surface area contributed by atoms with Crippen LogP contribution in [0.15, 0.2) is 18.2 Å². The Morgan fingerprint density at radius 3 is 2.85 bits per heavy atom. The molecule has 110 valence electrons. The third kappa shape index (κ3) is 4.15. The van der Waals surface area contributed by atoms with E-state index in [2.05, 4.69) is 10.6 Å². The van der Waals surface area contributed by atoms with Crippen molar-refractivity contribution in [2.75, 3.05) is 24.8 Å². The van der Waals surface area contributed by atoms with E-state index in [1.807, 2.05) is 32.0 Å². The summed E-state index contributed by atoms with van der Waals surface area (Å²) in [6, 6.07) is 6.10. The normalized spacial score (nSPS) is 18.0. The Balaban J connectivity index is 1.65. The minimum atomic E-state index is -0.0282. The molecule has 1 aliphatic rings. The third-order valence-corrected chi connectivity index (χ3v) is 4.25. The van der Waals surface area contributed by atoms with E-state index in [4.69, 9.17) is 4.74 Å². The molecule has 2 rings (SSSR count). The summed E-state index contributed by atoms with van der Waals surface area (Å²) in [5.74, 6) is 2.80. The maximum absolute atomic E-state index is 11.8. The van der Waals surface area contributed by atoms with Gasteiger partial charge in [-0.05, 0) is 31.4 Å². The highest BCUT2D eigenvalue weighted by Crippen LogP contribution is 2.22. The van der Waals surface area contributed by atoms with Crippen LogP contribution in [0, 0.1) is 13.8 Å². The molecule has 0 aromatic heterocycles. The Bertz CT molecular complexity index is 439. The summed E-state index contributed by atoms with van der Waals surface area (Å²) in [5.41, 5.74) is 2.31. The van der Waals surface area contributed by atoms with Gasteiger partial charge in [0.05, 0.1) is 12.6 Å². The van der Waals surface area contributed by atoms with E-state index < -0.39 is 0 Å². The monoisotopic (exact) mass is 294 g/mol. The molecule has 0 saturated carbocycles. The molecule has 1 aromatic rings. The molecule has 5 heteroatoms. The van der Waals surface area contributed by atoms with E-state index in [9.17, 15) is 4.79 Å². The molecule has 0 radical (unpaired) electrons. The number of benzene rings is 1. The second-order valence-corrected chi connectivity index (χ2v) is 6.02. The number of aryl methyl sites for hydroxylation is 2. The van der Waals surface area contributed by atoms with E-state index in [0.29, 0.717) is 13.2 Å². The first kappa shape index (κ1) is 15.2. The van der Waals surface area contributed by atoms with Crippen molar-refractivity contribution in [1.29, 1.82) is 0 Å². The number of carbonyl (C=O) groups is 1. The lowest BCUT2D eigenvalue weighted by Crippen LogP contribution is -2.42. The lowest BCUT2D eigenvalue weighted by molar-refractivity contribution is -0.122. The smallest absolute Gasteiger partial charge is 0.238 e. The summed E-state index contributed by atoms with van der Waals surface area (Å²) in [5, 5.41) is 6.10. The second-order valence-electron chi connectivity index (χ2n) is 4.99. The predicted octanol–water partition coefficient (Wildman–Crippen LogP) is 1.85. The van der Waals surface area contributed by atoms with Crippen LogP contribution < -0.4 is 15.4 Å². The van der Waals surface area contributed by atoms with Gasteiger partial charge < -0.3 is 10.1 Å². The van der Waals surface area contributed by atoms with Crippen molar-refractivity contribution in [2.24, 2.45) is 0 Å². The van der Waals surface area contributed by atoms with E-state index in [-0.39, 0.29) is 11.9 Å². The van der Waals surface area contributed by atoms with Gasteiger partial charge in [-0.15, -0.1) is 11.8 Å². The minimum absolute atomic E-state index is 0.0282. The number of nitrogens with one attached hydrogen (secondary N) is 2. The molecule has 0 aliphatic carbocycles. The Morgan fingerprint density at radius 2 is 2.20 bits per heavy atom. The number of amides is 1. The van der Waals surface area contributed by atoms with Crippen molar-refractivity contribution in [3.8, 4) is 5.75 Å². The summed E-state index contributed by atoms with van der Waals surface area (Å²) in [6.07, 6.45) is 0.819. The first-order valence-corrected chi connectivity index (χ1v) is 8.12. The average Bonchev–Trinajstić information content (AvgIpc) is 2.95. The Hall–Kier alpha value is -1.20. The van der Waals surface area contributed by atoms with E-state index in [1.165, 1.54) is 0 Å². The first-order chi connectivity index (χ1) is 9.68. The van der Waals surface area contributed by atoms with Gasteiger partial charge in [-0.25, -0.2) is 0 Å². The molecule has 0 spiro atoms. The summed E-state index contributed by atoms with van der Waals surface area (Å²) >= 11 is 1.76. The molecule has 0 bridgehead atoms. The maximum Gasteiger partial charge on any atom is 0.238 e. The topological polar surface area (TPSA) is 50.4 Å². The fraction of sp³-hybridized carbons (Fsp3) is 0.533. The van der Waals surface area contributed by atoms with Crippen molar-refractivity contribution in [1.82, 2.24) is 10.6 Å². The summed E-state index contributed by atoms with van der Waals surface area (Å²) < 4.78 is 5.80.